The van der Waals surface area contributed by atoms with Gasteiger partial charge in [-0.3, -0.25) is 0 Å². The van der Waals surface area contributed by atoms with Crippen molar-refractivity contribution in [1.82, 2.24) is 5.16 Å². The molecule has 1 N–H and O–H groups in total. The zero-order valence-corrected chi connectivity index (χ0v) is 15.1. The summed E-state index contributed by atoms with van der Waals surface area (Å²) in [5, 5.41) is 14.9. The Morgan fingerprint density at radius 1 is 1.04 bits per heavy atom. The third-order valence-corrected chi connectivity index (χ3v) is 4.34. The fourth-order valence-electron chi connectivity index (χ4n) is 2.55. The Bertz CT molecular complexity index is 908. The van der Waals surface area contributed by atoms with Crippen LogP contribution in [0.25, 0.3) is 22.6 Å². The molecule has 0 saturated heterocycles. The van der Waals surface area contributed by atoms with Gasteiger partial charge in [-0.2, -0.15) is 0 Å². The zero-order chi connectivity index (χ0) is 18.0. The maximum atomic E-state index is 9.87. The Balaban J connectivity index is 2.14. The third-order valence-electron chi connectivity index (χ3n) is 3.78. The number of aromatic nitrogens is 1. The molecule has 0 aliphatic heterocycles. The molecule has 7 heteroatoms. The molecule has 0 amide bonds. The molecule has 0 aliphatic rings. The second-order valence-corrected chi connectivity index (χ2v) is 6.03. The van der Waals surface area contributed by atoms with Crippen LogP contribution in [0, 0.1) is 0 Å². The highest BCUT2D eigenvalue weighted by Crippen LogP contribution is 2.39. The van der Waals surface area contributed by atoms with Crippen LogP contribution in [0.1, 0.15) is 5.56 Å². The number of rotatable bonds is 5. The molecule has 130 valence electrons. The number of methoxy groups -OCH3 is 2. The second kappa shape index (κ2) is 7.35. The zero-order valence-electron chi connectivity index (χ0n) is 13.5. The lowest BCUT2D eigenvalue weighted by molar-refractivity contribution is 0.281. The van der Waals surface area contributed by atoms with Crippen molar-refractivity contribution in [3.8, 4) is 34.1 Å². The first kappa shape index (κ1) is 17.6. The summed E-state index contributed by atoms with van der Waals surface area (Å²) in [7, 11) is 3.11. The minimum Gasteiger partial charge on any atom is -0.493 e. The van der Waals surface area contributed by atoms with Crippen LogP contribution in [0.4, 0.5) is 0 Å². The van der Waals surface area contributed by atoms with Crippen molar-refractivity contribution in [2.75, 3.05) is 14.2 Å². The summed E-state index contributed by atoms with van der Waals surface area (Å²) in [6.45, 7) is -0.272. The largest absolute Gasteiger partial charge is 0.493 e. The van der Waals surface area contributed by atoms with E-state index in [2.05, 4.69) is 5.16 Å². The van der Waals surface area contributed by atoms with Crippen molar-refractivity contribution in [3.63, 3.8) is 0 Å². The second-order valence-electron chi connectivity index (χ2n) is 5.19. The maximum Gasteiger partial charge on any atom is 0.174 e. The van der Waals surface area contributed by atoms with Crippen molar-refractivity contribution < 1.29 is 19.1 Å². The molecule has 0 bridgehead atoms. The number of halogens is 2. The van der Waals surface area contributed by atoms with E-state index in [-0.39, 0.29) is 6.61 Å². The highest BCUT2D eigenvalue weighted by Gasteiger charge is 2.21. The third kappa shape index (κ3) is 3.31. The lowest BCUT2D eigenvalue weighted by Gasteiger charge is -2.09. The molecule has 0 fully saturated rings. The molecule has 3 aromatic rings. The monoisotopic (exact) mass is 379 g/mol. The summed E-state index contributed by atoms with van der Waals surface area (Å²) >= 11 is 12.3. The Labute approximate surface area is 154 Å². The van der Waals surface area contributed by atoms with Crippen molar-refractivity contribution in [3.05, 3.63) is 52.0 Å². The molecule has 0 radical (unpaired) electrons. The van der Waals surface area contributed by atoms with E-state index >= 15 is 0 Å². The molecular weight excluding hydrogens is 365 g/mol. The van der Waals surface area contributed by atoms with Gasteiger partial charge in [-0.05, 0) is 36.4 Å². The minimum atomic E-state index is -0.272. The van der Waals surface area contributed by atoms with Gasteiger partial charge in [-0.1, -0.05) is 28.4 Å². The van der Waals surface area contributed by atoms with Crippen LogP contribution >= 0.6 is 23.2 Å². The van der Waals surface area contributed by atoms with Crippen molar-refractivity contribution >= 4 is 23.2 Å². The number of benzene rings is 2. The van der Waals surface area contributed by atoms with E-state index in [9.17, 15) is 5.11 Å². The van der Waals surface area contributed by atoms with Gasteiger partial charge < -0.3 is 19.1 Å². The van der Waals surface area contributed by atoms with Gasteiger partial charge in [0.05, 0.1) is 31.4 Å². The van der Waals surface area contributed by atoms with Crippen LogP contribution in [0.2, 0.25) is 10.0 Å². The summed E-state index contributed by atoms with van der Waals surface area (Å²) < 4.78 is 16.0. The molecule has 3 rings (SSSR count). The molecule has 2 aromatic carbocycles. The molecule has 0 aliphatic carbocycles. The lowest BCUT2D eigenvalue weighted by atomic mass is 10.0. The normalized spacial score (nSPS) is 10.8. The van der Waals surface area contributed by atoms with E-state index in [0.29, 0.717) is 44.1 Å². The van der Waals surface area contributed by atoms with Gasteiger partial charge >= 0.3 is 0 Å². The Morgan fingerprint density at radius 3 is 2.48 bits per heavy atom. The molecule has 5 nitrogen and oxygen atoms in total. The first-order valence-corrected chi connectivity index (χ1v) is 8.11. The van der Waals surface area contributed by atoms with Crippen LogP contribution in [0.15, 0.2) is 40.9 Å². The van der Waals surface area contributed by atoms with Crippen LogP contribution < -0.4 is 9.47 Å². The number of aliphatic hydroxyl groups is 1. The van der Waals surface area contributed by atoms with Gasteiger partial charge in [0.2, 0.25) is 0 Å². The SMILES string of the molecule is COc1ccc(-c2noc(-c3cc(Cl)ccc3Cl)c2CO)cc1OC. The Kier molecular flexibility index (Phi) is 5.18. The maximum absolute atomic E-state index is 9.87. The Hall–Kier alpha value is -2.21. The summed E-state index contributed by atoms with van der Waals surface area (Å²) in [6.07, 6.45) is 0. The smallest absolute Gasteiger partial charge is 0.174 e. The van der Waals surface area contributed by atoms with E-state index in [1.165, 1.54) is 0 Å². The number of hydrogen-bond acceptors (Lipinski definition) is 5. The first-order valence-electron chi connectivity index (χ1n) is 7.36. The molecule has 0 spiro atoms. The molecule has 0 saturated carbocycles. The van der Waals surface area contributed by atoms with Crippen LogP contribution in [-0.2, 0) is 6.61 Å². The van der Waals surface area contributed by atoms with E-state index in [1.54, 1.807) is 44.6 Å². The van der Waals surface area contributed by atoms with Gasteiger partial charge in [0.1, 0.15) is 5.69 Å². The molecule has 25 heavy (non-hydrogen) atoms. The van der Waals surface area contributed by atoms with Gasteiger partial charge in [0.25, 0.3) is 0 Å². The van der Waals surface area contributed by atoms with Gasteiger partial charge in [-0.15, -0.1) is 0 Å². The summed E-state index contributed by atoms with van der Waals surface area (Å²) in [5.41, 5.74) is 2.29. The van der Waals surface area contributed by atoms with Crippen molar-refractivity contribution in [2.45, 2.75) is 6.61 Å². The summed E-state index contributed by atoms with van der Waals surface area (Å²) in [4.78, 5) is 0. The molecule has 0 unspecified atom stereocenters. The van der Waals surface area contributed by atoms with Gasteiger partial charge in [-0.25, -0.2) is 0 Å². The molecule has 0 atom stereocenters. The van der Waals surface area contributed by atoms with E-state index in [1.807, 2.05) is 6.07 Å². The van der Waals surface area contributed by atoms with Crippen molar-refractivity contribution in [1.29, 1.82) is 0 Å². The predicted molar refractivity (Wildman–Crippen MR) is 96.4 cm³/mol. The molecular formula is C18H15Cl2NO4. The quantitative estimate of drug-likeness (QED) is 0.687. The first-order chi connectivity index (χ1) is 12.1. The predicted octanol–water partition coefficient (Wildman–Crippen LogP) is 4.82. The topological polar surface area (TPSA) is 64.7 Å². The highest BCUT2D eigenvalue weighted by atomic mass is 35.5. The van der Waals surface area contributed by atoms with E-state index in [0.717, 1.165) is 5.56 Å². The van der Waals surface area contributed by atoms with Crippen molar-refractivity contribution in [2.24, 2.45) is 0 Å². The average molecular weight is 380 g/mol. The Morgan fingerprint density at radius 2 is 1.80 bits per heavy atom. The summed E-state index contributed by atoms with van der Waals surface area (Å²) in [5.74, 6) is 1.52. The van der Waals surface area contributed by atoms with Crippen LogP contribution in [0.3, 0.4) is 0 Å². The van der Waals surface area contributed by atoms with Crippen LogP contribution in [0.5, 0.6) is 11.5 Å². The highest BCUT2D eigenvalue weighted by molar-refractivity contribution is 6.35. The molecule has 1 aromatic heterocycles. The van der Waals surface area contributed by atoms with E-state index in [4.69, 9.17) is 37.2 Å². The fourth-order valence-corrected chi connectivity index (χ4v) is 2.92. The van der Waals surface area contributed by atoms with Gasteiger partial charge in [0, 0.05) is 16.1 Å². The standard InChI is InChI=1S/C18H15Cl2NO4/c1-23-15-6-3-10(7-16(15)24-2)17-13(9-22)18(25-21-17)12-8-11(19)4-5-14(12)20/h3-8,22H,9H2,1-2H3. The average Bonchev–Trinajstić information content (AvgIpc) is 3.06. The number of nitrogens with zero attached hydrogens (tertiary/aromatic N) is 1. The lowest BCUT2D eigenvalue weighted by Crippen LogP contribution is -1.93. The van der Waals surface area contributed by atoms with Crippen LogP contribution in [-0.4, -0.2) is 24.5 Å². The number of hydrogen-bond donors (Lipinski definition) is 1. The minimum absolute atomic E-state index is 0.272. The molecule has 1 heterocycles. The summed E-state index contributed by atoms with van der Waals surface area (Å²) in [6, 6.07) is 10.3. The number of aliphatic hydroxyl groups excluding tert-OH is 1. The fraction of sp³-hybridized carbons (Fsp3) is 0.167. The number of ether oxygens (including phenoxy) is 2. The van der Waals surface area contributed by atoms with Gasteiger partial charge in [0.15, 0.2) is 17.3 Å². The van der Waals surface area contributed by atoms with E-state index < -0.39 is 0 Å².